The van der Waals surface area contributed by atoms with E-state index in [1.165, 1.54) is 20.2 Å². The number of nitrogens with zero attached hydrogens (tertiary/aromatic N) is 1. The van der Waals surface area contributed by atoms with Crippen molar-refractivity contribution in [1.82, 2.24) is 0 Å². The summed E-state index contributed by atoms with van der Waals surface area (Å²) in [7, 11) is 0. The molecule has 0 aliphatic heterocycles. The lowest BCUT2D eigenvalue weighted by molar-refractivity contribution is 0.669. The van der Waals surface area contributed by atoms with E-state index in [2.05, 4.69) is 97.1 Å². The second-order valence-electron chi connectivity index (χ2n) is 9.98. The molecule has 0 aliphatic rings. The summed E-state index contributed by atoms with van der Waals surface area (Å²) in [5.41, 5.74) is 8.64. The van der Waals surface area contributed by atoms with Crippen LogP contribution < -0.4 is 0 Å². The van der Waals surface area contributed by atoms with E-state index in [1.807, 2.05) is 47.7 Å². The van der Waals surface area contributed by atoms with Crippen molar-refractivity contribution in [2.45, 2.75) is 0 Å². The summed E-state index contributed by atoms with van der Waals surface area (Å²) in [6, 6.07) is 46.6. The third-order valence-corrected chi connectivity index (χ3v) is 8.88. The molecule has 0 bridgehead atoms. The zero-order valence-corrected chi connectivity index (χ0v) is 22.2. The molecule has 0 saturated heterocycles. The molecular weight excluding hydrogens is 506 g/mol. The molecule has 2 aromatic heterocycles. The number of fused-ring (bicyclic) bond motifs is 6. The second-order valence-corrected chi connectivity index (χ2v) is 11.1. The van der Waals surface area contributed by atoms with Gasteiger partial charge in [-0.1, -0.05) is 91.0 Å². The van der Waals surface area contributed by atoms with Gasteiger partial charge >= 0.3 is 0 Å². The Morgan fingerprint density at radius 1 is 0.500 bits per heavy atom. The van der Waals surface area contributed by atoms with E-state index in [0.29, 0.717) is 5.56 Å². The summed E-state index contributed by atoms with van der Waals surface area (Å²) in [5.74, 6) is 0. The van der Waals surface area contributed by atoms with E-state index in [-0.39, 0.29) is 0 Å². The van der Waals surface area contributed by atoms with Crippen molar-refractivity contribution < 1.29 is 4.42 Å². The average Bonchev–Trinajstić information content (AvgIpc) is 3.59. The molecule has 0 N–H and O–H groups in total. The smallest absolute Gasteiger partial charge is 0.136 e. The monoisotopic (exact) mass is 527 g/mol. The Morgan fingerprint density at radius 3 is 2.02 bits per heavy atom. The van der Waals surface area contributed by atoms with Gasteiger partial charge < -0.3 is 4.42 Å². The Labute approximate surface area is 235 Å². The summed E-state index contributed by atoms with van der Waals surface area (Å²) in [6.45, 7) is 0. The number of hydrogen-bond acceptors (Lipinski definition) is 3. The van der Waals surface area contributed by atoms with Crippen molar-refractivity contribution in [3.05, 3.63) is 133 Å². The predicted molar refractivity (Wildman–Crippen MR) is 168 cm³/mol. The van der Waals surface area contributed by atoms with E-state index in [0.717, 1.165) is 55.3 Å². The van der Waals surface area contributed by atoms with Crippen molar-refractivity contribution in [3.8, 4) is 39.4 Å². The van der Waals surface area contributed by atoms with Gasteiger partial charge in [0.15, 0.2) is 0 Å². The minimum atomic E-state index is 0.643. The van der Waals surface area contributed by atoms with Crippen molar-refractivity contribution in [2.24, 2.45) is 0 Å². The fourth-order valence-electron chi connectivity index (χ4n) is 5.99. The van der Waals surface area contributed by atoms with Crippen LogP contribution in [0.4, 0.5) is 0 Å². The van der Waals surface area contributed by atoms with Crippen LogP contribution in [0, 0.1) is 11.3 Å². The SMILES string of the molecule is N#Cc1cc(-c2cccc3sc4ccccc4c23)c(-c2ccccc2)cc1-c1cccc2oc3ccccc3c12. The summed E-state index contributed by atoms with van der Waals surface area (Å²) >= 11 is 1.81. The van der Waals surface area contributed by atoms with Crippen molar-refractivity contribution >= 4 is 53.4 Å². The zero-order chi connectivity index (χ0) is 26.6. The number of rotatable bonds is 3. The standard InChI is InChI=1S/C37H21NOS/c38-22-24-20-31(26-15-9-19-35-37(26)28-13-5-7-18-34(28)40-35)29(23-10-2-1-3-11-23)21-30(24)25-14-8-17-33-36(25)27-12-4-6-16-32(27)39-33/h1-21H. The summed E-state index contributed by atoms with van der Waals surface area (Å²) in [5, 5.41) is 15.1. The average molecular weight is 528 g/mol. The Bertz CT molecular complexity index is 2280. The topological polar surface area (TPSA) is 36.9 Å². The number of nitriles is 1. The van der Waals surface area contributed by atoms with Crippen LogP contribution in [0.3, 0.4) is 0 Å². The van der Waals surface area contributed by atoms with E-state index >= 15 is 0 Å². The van der Waals surface area contributed by atoms with Crippen molar-refractivity contribution in [3.63, 3.8) is 0 Å². The van der Waals surface area contributed by atoms with Gasteiger partial charge in [-0.15, -0.1) is 11.3 Å². The molecule has 2 nitrogen and oxygen atoms in total. The zero-order valence-electron chi connectivity index (χ0n) is 21.4. The quantitative estimate of drug-likeness (QED) is 0.229. The van der Waals surface area contributed by atoms with Gasteiger partial charge in [0.2, 0.25) is 0 Å². The van der Waals surface area contributed by atoms with Crippen LogP contribution in [0.5, 0.6) is 0 Å². The number of hydrogen-bond donors (Lipinski definition) is 0. The Hall–Kier alpha value is -5.17. The van der Waals surface area contributed by atoms with Crippen LogP contribution in [0.1, 0.15) is 5.56 Å². The maximum absolute atomic E-state index is 10.5. The van der Waals surface area contributed by atoms with Gasteiger partial charge in [-0.05, 0) is 64.2 Å². The summed E-state index contributed by atoms with van der Waals surface area (Å²) in [4.78, 5) is 0. The molecule has 6 aromatic carbocycles. The number of thiophene rings is 1. The summed E-state index contributed by atoms with van der Waals surface area (Å²) < 4.78 is 8.71. The van der Waals surface area contributed by atoms with E-state index in [1.54, 1.807) is 0 Å². The maximum Gasteiger partial charge on any atom is 0.136 e. The minimum absolute atomic E-state index is 0.643. The van der Waals surface area contributed by atoms with Crippen LogP contribution in [-0.2, 0) is 0 Å². The molecule has 2 heterocycles. The largest absolute Gasteiger partial charge is 0.456 e. The van der Waals surface area contributed by atoms with Gasteiger partial charge in [0.1, 0.15) is 11.2 Å². The van der Waals surface area contributed by atoms with E-state index in [9.17, 15) is 5.26 Å². The first-order valence-corrected chi connectivity index (χ1v) is 14.1. The minimum Gasteiger partial charge on any atom is -0.456 e. The van der Waals surface area contributed by atoms with Crippen molar-refractivity contribution in [1.29, 1.82) is 5.26 Å². The molecule has 0 spiro atoms. The molecule has 0 saturated carbocycles. The first-order chi connectivity index (χ1) is 19.8. The van der Waals surface area contributed by atoms with Crippen LogP contribution in [0.2, 0.25) is 0 Å². The molecule has 3 heteroatoms. The molecule has 0 radical (unpaired) electrons. The van der Waals surface area contributed by atoms with Crippen molar-refractivity contribution in [2.75, 3.05) is 0 Å². The third-order valence-electron chi connectivity index (χ3n) is 7.75. The van der Waals surface area contributed by atoms with Gasteiger partial charge in [0.25, 0.3) is 0 Å². The highest BCUT2D eigenvalue weighted by molar-refractivity contribution is 7.25. The highest BCUT2D eigenvalue weighted by Crippen LogP contribution is 2.46. The number of benzene rings is 6. The van der Waals surface area contributed by atoms with E-state index < -0.39 is 0 Å². The lowest BCUT2D eigenvalue weighted by Gasteiger charge is -2.16. The highest BCUT2D eigenvalue weighted by Gasteiger charge is 2.20. The van der Waals surface area contributed by atoms with Crippen LogP contribution >= 0.6 is 11.3 Å². The molecule has 8 rings (SSSR count). The van der Waals surface area contributed by atoms with E-state index in [4.69, 9.17) is 4.42 Å². The van der Waals surface area contributed by atoms with Gasteiger partial charge in [0, 0.05) is 36.5 Å². The molecule has 186 valence electrons. The highest BCUT2D eigenvalue weighted by atomic mass is 32.1. The third kappa shape index (κ3) is 3.41. The Balaban J connectivity index is 1.48. The maximum atomic E-state index is 10.5. The fourth-order valence-corrected chi connectivity index (χ4v) is 7.12. The number of para-hydroxylation sites is 1. The first kappa shape index (κ1) is 22.8. The Kier molecular flexibility index (Phi) is 5.10. The van der Waals surface area contributed by atoms with Crippen LogP contribution in [-0.4, -0.2) is 0 Å². The van der Waals surface area contributed by atoms with Gasteiger partial charge in [-0.25, -0.2) is 0 Å². The first-order valence-electron chi connectivity index (χ1n) is 13.2. The van der Waals surface area contributed by atoms with Crippen LogP contribution in [0.25, 0.3) is 75.5 Å². The molecule has 0 amide bonds. The van der Waals surface area contributed by atoms with Crippen LogP contribution in [0.15, 0.2) is 132 Å². The molecule has 0 aliphatic carbocycles. The molecule has 0 atom stereocenters. The molecule has 0 unspecified atom stereocenters. The second kappa shape index (κ2) is 8.95. The molecule has 8 aromatic rings. The van der Waals surface area contributed by atoms with Gasteiger partial charge in [-0.3, -0.25) is 0 Å². The summed E-state index contributed by atoms with van der Waals surface area (Å²) in [6.07, 6.45) is 0. The lowest BCUT2D eigenvalue weighted by Crippen LogP contribution is -1.93. The van der Waals surface area contributed by atoms with Gasteiger partial charge in [-0.2, -0.15) is 5.26 Å². The normalized spacial score (nSPS) is 11.5. The number of furan rings is 1. The molecular formula is C37H21NOS. The Morgan fingerprint density at radius 2 is 1.18 bits per heavy atom. The lowest BCUT2D eigenvalue weighted by atomic mass is 9.86. The van der Waals surface area contributed by atoms with Gasteiger partial charge in [0.05, 0.1) is 11.6 Å². The molecule has 0 fully saturated rings. The fraction of sp³-hybridized carbons (Fsp3) is 0. The predicted octanol–water partition coefficient (Wildman–Crippen LogP) is 10.8. The molecule has 40 heavy (non-hydrogen) atoms.